The Morgan fingerprint density at radius 1 is 1.14 bits per heavy atom. The highest BCUT2D eigenvalue weighted by molar-refractivity contribution is 9.10. The van der Waals surface area contributed by atoms with Crippen LogP contribution in [0.3, 0.4) is 0 Å². The average Bonchev–Trinajstić information content (AvgIpc) is 3.22. The fourth-order valence-corrected chi connectivity index (χ4v) is 3.54. The van der Waals surface area contributed by atoms with Gasteiger partial charge in [0.15, 0.2) is 5.75 Å². The Balaban J connectivity index is 1.88. The maximum Gasteiger partial charge on any atom is 0.384 e. The van der Waals surface area contributed by atoms with Gasteiger partial charge < -0.3 is 4.18 Å². The third kappa shape index (κ3) is 4.92. The lowest BCUT2D eigenvalue weighted by Crippen LogP contribution is -2.28. The van der Waals surface area contributed by atoms with Gasteiger partial charge in [-0.1, -0.05) is 6.07 Å². The van der Waals surface area contributed by atoms with Crippen LogP contribution in [0.25, 0.3) is 0 Å². The van der Waals surface area contributed by atoms with Crippen molar-refractivity contribution in [3.8, 4) is 11.8 Å². The van der Waals surface area contributed by atoms with E-state index in [1.54, 1.807) is 47.7 Å². The largest absolute Gasteiger partial charge is 0.384 e. The van der Waals surface area contributed by atoms with Crippen LogP contribution in [-0.2, 0) is 16.8 Å². The first-order chi connectivity index (χ1) is 13.8. The smallest absolute Gasteiger partial charge is 0.370 e. The molecule has 0 amide bonds. The molecule has 150 valence electrons. The second-order valence-electron chi connectivity index (χ2n) is 6.15. The van der Waals surface area contributed by atoms with Gasteiger partial charge in [0.05, 0.1) is 28.3 Å². The van der Waals surface area contributed by atoms with E-state index in [0.717, 1.165) is 15.6 Å². The van der Waals surface area contributed by atoms with Crippen molar-refractivity contribution in [3.05, 3.63) is 70.7 Å². The van der Waals surface area contributed by atoms with Crippen molar-refractivity contribution in [2.24, 2.45) is 0 Å². The molecule has 1 heterocycles. The van der Waals surface area contributed by atoms with E-state index in [0.29, 0.717) is 16.6 Å². The van der Waals surface area contributed by atoms with E-state index < -0.39 is 10.3 Å². The van der Waals surface area contributed by atoms with Crippen molar-refractivity contribution in [1.82, 2.24) is 19.2 Å². The summed E-state index contributed by atoms with van der Waals surface area (Å²) >= 11 is 3.37. The van der Waals surface area contributed by atoms with Crippen LogP contribution in [0.5, 0.6) is 5.75 Å². The zero-order valence-electron chi connectivity index (χ0n) is 15.6. The highest BCUT2D eigenvalue weighted by Gasteiger charge is 2.18. The van der Waals surface area contributed by atoms with E-state index in [4.69, 9.17) is 9.44 Å². The topological polar surface area (TPSA) is 104 Å². The molecule has 11 heteroatoms. The lowest BCUT2D eigenvalue weighted by molar-refractivity contribution is 0.420. The van der Waals surface area contributed by atoms with Crippen LogP contribution in [0.4, 0.5) is 5.69 Å². The average molecular weight is 477 g/mol. The maximum atomic E-state index is 11.9. The highest BCUT2D eigenvalue weighted by Crippen LogP contribution is 2.29. The predicted molar refractivity (Wildman–Crippen MR) is 110 cm³/mol. The Morgan fingerprint density at radius 3 is 2.34 bits per heavy atom. The van der Waals surface area contributed by atoms with Crippen molar-refractivity contribution in [2.75, 3.05) is 19.1 Å². The van der Waals surface area contributed by atoms with Gasteiger partial charge in [-0.15, -0.1) is 10.2 Å². The van der Waals surface area contributed by atoms with Gasteiger partial charge in [-0.2, -0.15) is 18.0 Å². The minimum atomic E-state index is -3.85. The zero-order valence-corrected chi connectivity index (χ0v) is 18.0. The van der Waals surface area contributed by atoms with Crippen molar-refractivity contribution >= 4 is 31.9 Å². The van der Waals surface area contributed by atoms with Gasteiger partial charge in [-0.05, 0) is 57.9 Å². The number of hydrogen-bond donors (Lipinski definition) is 0. The lowest BCUT2D eigenvalue weighted by Gasteiger charge is -2.25. The summed E-state index contributed by atoms with van der Waals surface area (Å²) in [4.78, 5) is 0. The molecule has 0 saturated heterocycles. The Morgan fingerprint density at radius 2 is 1.79 bits per heavy atom. The predicted octanol–water partition coefficient (Wildman–Crippen LogP) is 2.57. The number of rotatable bonds is 7. The number of halogens is 1. The molecule has 0 unspecified atom stereocenters. The summed E-state index contributed by atoms with van der Waals surface area (Å²) in [7, 11) is -1.06. The summed E-state index contributed by atoms with van der Waals surface area (Å²) in [6.07, 6.45) is 3.13. The Hall–Kier alpha value is -2.94. The van der Waals surface area contributed by atoms with E-state index in [1.165, 1.54) is 14.1 Å². The van der Waals surface area contributed by atoms with Gasteiger partial charge >= 0.3 is 10.3 Å². The van der Waals surface area contributed by atoms with E-state index in [1.807, 2.05) is 17.1 Å². The fourth-order valence-electron chi connectivity index (χ4n) is 2.41. The van der Waals surface area contributed by atoms with Gasteiger partial charge in [0.25, 0.3) is 0 Å². The molecule has 0 saturated carbocycles. The van der Waals surface area contributed by atoms with Crippen LogP contribution >= 0.6 is 15.9 Å². The summed E-state index contributed by atoms with van der Waals surface area (Å²) in [6, 6.07) is 14.3. The fraction of sp³-hybridized carbons (Fsp3) is 0.167. The molecule has 1 aromatic heterocycles. The molecular weight excluding hydrogens is 460 g/mol. The summed E-state index contributed by atoms with van der Waals surface area (Å²) in [5, 5.41) is 18.6. The summed E-state index contributed by atoms with van der Waals surface area (Å²) in [6.45, 7) is 0.434. The molecule has 0 atom stereocenters. The van der Waals surface area contributed by atoms with Crippen LogP contribution in [0.15, 0.2) is 59.6 Å². The Kier molecular flexibility index (Phi) is 6.17. The number of anilines is 1. The summed E-state index contributed by atoms with van der Waals surface area (Å²) < 4.78 is 32.2. The zero-order chi connectivity index (χ0) is 21.0. The van der Waals surface area contributed by atoms with Crippen molar-refractivity contribution in [3.63, 3.8) is 0 Å². The molecule has 0 bridgehead atoms. The van der Waals surface area contributed by atoms with Gasteiger partial charge in [-0.3, -0.25) is 5.01 Å². The highest BCUT2D eigenvalue weighted by atomic mass is 79.9. The molecule has 0 aliphatic heterocycles. The lowest BCUT2D eigenvalue weighted by atomic mass is 10.2. The molecule has 0 radical (unpaired) electrons. The molecule has 3 rings (SSSR count). The SMILES string of the molecule is CN(C)S(=O)(=O)Oc1ccc(CN(c2ccc(C#N)cc2)n2cnnc2)cc1Br. The molecule has 0 aliphatic rings. The van der Waals surface area contributed by atoms with Gasteiger partial charge in [-0.25, -0.2) is 4.68 Å². The van der Waals surface area contributed by atoms with Crippen LogP contribution in [-0.4, -0.2) is 41.7 Å². The van der Waals surface area contributed by atoms with Crippen molar-refractivity contribution in [1.29, 1.82) is 5.26 Å². The first kappa shape index (κ1) is 20.8. The molecule has 3 aromatic rings. The van der Waals surface area contributed by atoms with Crippen LogP contribution in [0.2, 0.25) is 0 Å². The second kappa shape index (κ2) is 8.60. The van der Waals surface area contributed by atoms with Crippen LogP contribution in [0, 0.1) is 11.3 Å². The maximum absolute atomic E-state index is 11.9. The number of hydrogen-bond acceptors (Lipinski definition) is 7. The molecule has 0 fully saturated rings. The number of benzene rings is 2. The Bertz CT molecular complexity index is 1130. The summed E-state index contributed by atoms with van der Waals surface area (Å²) in [5.74, 6) is 0.191. The molecule has 0 spiro atoms. The first-order valence-corrected chi connectivity index (χ1v) is 10.5. The quantitative estimate of drug-likeness (QED) is 0.515. The van der Waals surface area contributed by atoms with E-state index in [-0.39, 0.29) is 5.75 Å². The molecular formula is C18H17BrN6O3S. The normalized spacial score (nSPS) is 11.3. The third-order valence-corrected chi connectivity index (χ3v) is 5.86. The number of nitriles is 1. The van der Waals surface area contributed by atoms with E-state index in [2.05, 4.69) is 32.2 Å². The van der Waals surface area contributed by atoms with Gasteiger partial charge in [0, 0.05) is 14.1 Å². The van der Waals surface area contributed by atoms with Gasteiger partial charge in [0.1, 0.15) is 12.7 Å². The molecule has 9 nitrogen and oxygen atoms in total. The van der Waals surface area contributed by atoms with Crippen molar-refractivity contribution < 1.29 is 12.6 Å². The molecule has 2 aromatic carbocycles. The first-order valence-electron chi connectivity index (χ1n) is 8.33. The minimum absolute atomic E-state index is 0.191. The standard InChI is InChI=1S/C18H17BrN6O3S/c1-23(2)29(26,27)28-18-8-5-15(9-17(18)19)11-25(24-12-21-22-13-24)16-6-3-14(10-20)4-7-16/h3-9,12-13H,11H2,1-2H3. The Labute approximate surface area is 177 Å². The van der Waals surface area contributed by atoms with Crippen LogP contribution < -0.4 is 9.19 Å². The number of aromatic nitrogens is 3. The molecule has 0 N–H and O–H groups in total. The van der Waals surface area contributed by atoms with Gasteiger partial charge in [0.2, 0.25) is 0 Å². The molecule has 29 heavy (non-hydrogen) atoms. The second-order valence-corrected chi connectivity index (χ2v) is 8.75. The summed E-state index contributed by atoms with van der Waals surface area (Å²) in [5.41, 5.74) is 2.27. The minimum Gasteiger partial charge on any atom is -0.370 e. The van der Waals surface area contributed by atoms with E-state index >= 15 is 0 Å². The van der Waals surface area contributed by atoms with Crippen molar-refractivity contribution in [2.45, 2.75) is 6.54 Å². The van der Waals surface area contributed by atoms with E-state index in [9.17, 15) is 8.42 Å². The molecule has 0 aliphatic carbocycles. The monoisotopic (exact) mass is 476 g/mol. The number of nitrogens with zero attached hydrogens (tertiary/aromatic N) is 6. The van der Waals surface area contributed by atoms with Crippen LogP contribution in [0.1, 0.15) is 11.1 Å². The third-order valence-electron chi connectivity index (χ3n) is 3.95.